The van der Waals surface area contributed by atoms with Gasteiger partial charge in [-0.15, -0.1) is 0 Å². The Morgan fingerprint density at radius 1 is 1.29 bits per heavy atom. The van der Waals surface area contributed by atoms with Gasteiger partial charge in [-0.2, -0.15) is 5.10 Å². The van der Waals surface area contributed by atoms with Crippen LogP contribution in [0, 0.1) is 13.8 Å². The van der Waals surface area contributed by atoms with E-state index in [2.05, 4.69) is 56.6 Å². The van der Waals surface area contributed by atoms with Gasteiger partial charge in [-0.05, 0) is 68.1 Å². The van der Waals surface area contributed by atoms with Crippen LogP contribution in [0.1, 0.15) is 30.2 Å². The van der Waals surface area contributed by atoms with Crippen LogP contribution in [0.4, 0.5) is 11.5 Å². The van der Waals surface area contributed by atoms with Crippen LogP contribution in [0.5, 0.6) is 0 Å². The lowest BCUT2D eigenvalue weighted by Crippen LogP contribution is -2.22. The number of aryl methyl sites for hydroxylation is 2. The second-order valence-electron chi connectivity index (χ2n) is 8.16. The third kappa shape index (κ3) is 5.18. The van der Waals surface area contributed by atoms with E-state index >= 15 is 0 Å². The fourth-order valence-corrected chi connectivity index (χ4v) is 4.02. The number of pyridine rings is 1. The topological polar surface area (TPSA) is 78.4 Å². The smallest absolute Gasteiger partial charge is 0.131 e. The van der Waals surface area contributed by atoms with Crippen molar-refractivity contribution in [1.29, 1.82) is 0 Å². The van der Waals surface area contributed by atoms with Crippen LogP contribution < -0.4 is 5.32 Å². The van der Waals surface area contributed by atoms with E-state index in [9.17, 15) is 0 Å². The van der Waals surface area contributed by atoms with E-state index in [4.69, 9.17) is 9.73 Å². The molecule has 4 rings (SSSR count). The SMILES string of the molecule is CO[C@H]1CCN(Cc2ccnc(N/C(C)=N/c3ccc(-c4cn[nH]c4C)cc3C)c2)C1. The molecular weight excluding hydrogens is 388 g/mol. The highest BCUT2D eigenvalue weighted by Gasteiger charge is 2.21. The van der Waals surface area contributed by atoms with Gasteiger partial charge in [0.15, 0.2) is 0 Å². The number of H-pyrrole nitrogens is 1. The predicted octanol–water partition coefficient (Wildman–Crippen LogP) is 4.47. The highest BCUT2D eigenvalue weighted by molar-refractivity contribution is 5.94. The van der Waals surface area contributed by atoms with Crippen molar-refractivity contribution in [2.75, 3.05) is 25.5 Å². The van der Waals surface area contributed by atoms with Crippen molar-refractivity contribution in [3.05, 3.63) is 59.5 Å². The van der Waals surface area contributed by atoms with Gasteiger partial charge in [0.1, 0.15) is 11.7 Å². The summed E-state index contributed by atoms with van der Waals surface area (Å²) in [6, 6.07) is 10.4. The fourth-order valence-electron chi connectivity index (χ4n) is 4.02. The first kappa shape index (κ1) is 21.2. The normalized spacial score (nSPS) is 17.3. The average molecular weight is 419 g/mol. The van der Waals surface area contributed by atoms with Crippen molar-refractivity contribution >= 4 is 17.3 Å². The lowest BCUT2D eigenvalue weighted by molar-refractivity contribution is 0.107. The van der Waals surface area contributed by atoms with E-state index in [-0.39, 0.29) is 0 Å². The molecule has 0 amide bonds. The Balaban J connectivity index is 1.43. The monoisotopic (exact) mass is 418 g/mol. The number of methoxy groups -OCH3 is 1. The zero-order chi connectivity index (χ0) is 21.8. The van der Waals surface area contributed by atoms with Crippen molar-refractivity contribution < 1.29 is 4.74 Å². The van der Waals surface area contributed by atoms with Crippen LogP contribution in [0.2, 0.25) is 0 Å². The number of hydrogen-bond acceptors (Lipinski definition) is 5. The van der Waals surface area contributed by atoms with Gasteiger partial charge in [-0.1, -0.05) is 6.07 Å². The number of hydrogen-bond donors (Lipinski definition) is 2. The van der Waals surface area contributed by atoms with Crippen molar-refractivity contribution in [1.82, 2.24) is 20.1 Å². The molecule has 7 heteroatoms. The number of benzene rings is 1. The molecule has 3 heterocycles. The molecule has 1 fully saturated rings. The third-order valence-electron chi connectivity index (χ3n) is 5.73. The van der Waals surface area contributed by atoms with Crippen LogP contribution >= 0.6 is 0 Å². The quantitative estimate of drug-likeness (QED) is 0.456. The standard InChI is InChI=1S/C24H30N6O/c1-16-11-20(22-13-26-29-17(22)2)5-6-23(16)27-18(3)28-24-12-19(7-9-25-24)14-30-10-8-21(15-30)31-4/h5-7,9,11-13,21H,8,10,14-15H2,1-4H3,(H,26,29)(H,25,27,28)/t21-/m0/s1. The molecule has 31 heavy (non-hydrogen) atoms. The maximum Gasteiger partial charge on any atom is 0.131 e. The summed E-state index contributed by atoms with van der Waals surface area (Å²) in [5.74, 6) is 1.62. The molecule has 0 bridgehead atoms. The highest BCUT2D eigenvalue weighted by atomic mass is 16.5. The molecule has 1 atom stereocenters. The van der Waals surface area contributed by atoms with Gasteiger partial charge in [0.05, 0.1) is 18.0 Å². The Labute approximate surface area is 183 Å². The zero-order valence-corrected chi connectivity index (χ0v) is 18.6. The van der Waals surface area contributed by atoms with Gasteiger partial charge >= 0.3 is 0 Å². The zero-order valence-electron chi connectivity index (χ0n) is 18.6. The summed E-state index contributed by atoms with van der Waals surface area (Å²) < 4.78 is 5.47. The predicted molar refractivity (Wildman–Crippen MR) is 125 cm³/mol. The number of aromatic nitrogens is 3. The molecule has 0 aliphatic carbocycles. The molecule has 1 aliphatic rings. The van der Waals surface area contributed by atoms with E-state index in [1.54, 1.807) is 7.11 Å². The minimum absolute atomic E-state index is 0.348. The molecule has 1 aliphatic heterocycles. The summed E-state index contributed by atoms with van der Waals surface area (Å²) in [5, 5.41) is 10.4. The summed E-state index contributed by atoms with van der Waals surface area (Å²) in [7, 11) is 1.79. The Morgan fingerprint density at radius 3 is 2.87 bits per heavy atom. The first-order chi connectivity index (χ1) is 15.0. The summed E-state index contributed by atoms with van der Waals surface area (Å²) >= 11 is 0. The Morgan fingerprint density at radius 2 is 2.16 bits per heavy atom. The maximum atomic E-state index is 5.47. The van der Waals surface area contributed by atoms with Crippen LogP contribution in [-0.4, -0.2) is 52.2 Å². The van der Waals surface area contributed by atoms with E-state index < -0.39 is 0 Å². The minimum atomic E-state index is 0.348. The molecule has 1 aromatic carbocycles. The van der Waals surface area contributed by atoms with E-state index in [0.717, 1.165) is 65.8 Å². The Hall–Kier alpha value is -3.03. The Bertz CT molecular complexity index is 1070. The van der Waals surface area contributed by atoms with Crippen molar-refractivity contribution in [3.8, 4) is 11.1 Å². The number of likely N-dealkylation sites (tertiary alicyclic amines) is 1. The van der Waals surface area contributed by atoms with Gasteiger partial charge in [0.25, 0.3) is 0 Å². The lowest BCUT2D eigenvalue weighted by Gasteiger charge is -2.16. The summed E-state index contributed by atoms with van der Waals surface area (Å²) in [6.07, 6.45) is 5.15. The minimum Gasteiger partial charge on any atom is -0.380 e. The van der Waals surface area contributed by atoms with Gasteiger partial charge < -0.3 is 10.1 Å². The molecule has 2 N–H and O–H groups in total. The van der Waals surface area contributed by atoms with E-state index in [0.29, 0.717) is 6.10 Å². The van der Waals surface area contributed by atoms with Crippen LogP contribution in [0.25, 0.3) is 11.1 Å². The summed E-state index contributed by atoms with van der Waals surface area (Å²) in [6.45, 7) is 9.02. The van der Waals surface area contributed by atoms with Crippen LogP contribution in [0.3, 0.4) is 0 Å². The average Bonchev–Trinajstić information content (AvgIpc) is 3.38. The molecule has 2 aromatic heterocycles. The van der Waals surface area contributed by atoms with Gasteiger partial charge in [-0.25, -0.2) is 9.98 Å². The fraction of sp³-hybridized carbons (Fsp3) is 0.375. The third-order valence-corrected chi connectivity index (χ3v) is 5.73. The molecule has 0 spiro atoms. The van der Waals surface area contributed by atoms with Crippen molar-refractivity contribution in [3.63, 3.8) is 0 Å². The number of nitrogens with one attached hydrogen (secondary N) is 2. The molecular formula is C24H30N6O. The van der Waals surface area contributed by atoms with Gasteiger partial charge in [0.2, 0.25) is 0 Å². The van der Waals surface area contributed by atoms with E-state index in [1.165, 1.54) is 5.56 Å². The molecule has 162 valence electrons. The molecule has 1 saturated heterocycles. The lowest BCUT2D eigenvalue weighted by atomic mass is 10.0. The molecule has 7 nitrogen and oxygen atoms in total. The number of rotatable bonds is 6. The summed E-state index contributed by atoms with van der Waals surface area (Å²) in [5.41, 5.74) is 6.60. The van der Waals surface area contributed by atoms with Crippen LogP contribution in [-0.2, 0) is 11.3 Å². The molecule has 0 radical (unpaired) electrons. The second kappa shape index (κ2) is 9.41. The number of ether oxygens (including phenoxy) is 1. The second-order valence-corrected chi connectivity index (χ2v) is 8.16. The number of aliphatic imine (C=N–C) groups is 1. The Kier molecular flexibility index (Phi) is 6.44. The first-order valence-electron chi connectivity index (χ1n) is 10.6. The number of anilines is 1. The number of amidine groups is 1. The molecule has 0 unspecified atom stereocenters. The molecule has 0 saturated carbocycles. The van der Waals surface area contributed by atoms with Crippen LogP contribution in [0.15, 0.2) is 47.7 Å². The number of nitrogens with zero attached hydrogens (tertiary/aromatic N) is 4. The largest absolute Gasteiger partial charge is 0.380 e. The van der Waals surface area contributed by atoms with Gasteiger partial charge in [-0.3, -0.25) is 10.00 Å². The maximum absolute atomic E-state index is 5.47. The summed E-state index contributed by atoms with van der Waals surface area (Å²) in [4.78, 5) is 11.6. The first-order valence-corrected chi connectivity index (χ1v) is 10.6. The van der Waals surface area contributed by atoms with E-state index in [1.807, 2.05) is 32.3 Å². The van der Waals surface area contributed by atoms with Crippen molar-refractivity contribution in [2.45, 2.75) is 39.8 Å². The molecule has 3 aromatic rings. The van der Waals surface area contributed by atoms with Gasteiger partial charge in [0, 0.05) is 44.2 Å². The number of aromatic amines is 1. The van der Waals surface area contributed by atoms with Crippen molar-refractivity contribution in [2.24, 2.45) is 4.99 Å². The highest BCUT2D eigenvalue weighted by Crippen LogP contribution is 2.28.